The van der Waals surface area contributed by atoms with Crippen LogP contribution in [0.3, 0.4) is 0 Å². The zero-order valence-electron chi connectivity index (χ0n) is 19.7. The van der Waals surface area contributed by atoms with Gasteiger partial charge < -0.3 is 25.1 Å². The first kappa shape index (κ1) is 24.8. The average molecular weight is 501 g/mol. The molecule has 3 heterocycles. The van der Waals surface area contributed by atoms with Crippen molar-refractivity contribution >= 4 is 35.2 Å². The minimum Gasteiger partial charge on any atom is -0.506 e. The molecular weight excluding hydrogens is 472 g/mol. The summed E-state index contributed by atoms with van der Waals surface area (Å²) in [6.07, 6.45) is 2.91. The van der Waals surface area contributed by atoms with Gasteiger partial charge >= 0.3 is 5.97 Å². The van der Waals surface area contributed by atoms with Crippen molar-refractivity contribution in [1.29, 1.82) is 0 Å². The molecule has 4 N–H and O–H groups in total. The number of pyridine rings is 1. The summed E-state index contributed by atoms with van der Waals surface area (Å²) in [5, 5.41) is 24.0. The Labute approximate surface area is 208 Å². The maximum Gasteiger partial charge on any atom is 0.345 e. The molecule has 1 aliphatic heterocycles. The Hall–Kier alpha value is -3.30. The van der Waals surface area contributed by atoms with E-state index >= 15 is 0 Å². The lowest BCUT2D eigenvalue weighted by Gasteiger charge is -2.17. The second kappa shape index (κ2) is 9.39. The number of halogens is 1. The first-order chi connectivity index (χ1) is 16.2. The van der Waals surface area contributed by atoms with Crippen LogP contribution in [0, 0.1) is 0 Å². The van der Waals surface area contributed by atoms with Gasteiger partial charge in [0, 0.05) is 67.4 Å². The molecule has 0 radical (unpaired) electrons. The number of nitrogens with one attached hydrogen (secondary N) is 2. The predicted octanol–water partition coefficient (Wildman–Crippen LogP) is 2.56. The number of rotatable bonds is 4. The van der Waals surface area contributed by atoms with E-state index in [2.05, 4.69) is 31.9 Å². The SMILES string of the molecule is CC(=O)NC1CCN(Cc2cc3cc4c(cc3n2C)CCCc2c-4[nH]c(=O)c(C(=O)O)c2O)C1.Cl. The van der Waals surface area contributed by atoms with E-state index in [-0.39, 0.29) is 24.4 Å². The summed E-state index contributed by atoms with van der Waals surface area (Å²) >= 11 is 0. The van der Waals surface area contributed by atoms with Crippen LogP contribution >= 0.6 is 12.4 Å². The Kier molecular flexibility index (Phi) is 6.66. The number of likely N-dealkylation sites (tertiary alicyclic amines) is 1. The number of aromatic amines is 1. The van der Waals surface area contributed by atoms with Gasteiger partial charge in [-0.1, -0.05) is 0 Å². The molecule has 0 bridgehead atoms. The molecule has 1 saturated heterocycles. The quantitative estimate of drug-likeness (QED) is 0.436. The highest BCUT2D eigenvalue weighted by Crippen LogP contribution is 2.38. The lowest BCUT2D eigenvalue weighted by molar-refractivity contribution is -0.119. The molecule has 1 amide bonds. The topological polar surface area (TPSA) is 128 Å². The normalized spacial score (nSPS) is 17.4. The van der Waals surface area contributed by atoms with Gasteiger partial charge in [0.25, 0.3) is 5.56 Å². The molecule has 9 nitrogen and oxygen atoms in total. The number of carbonyl (C=O) groups is 2. The van der Waals surface area contributed by atoms with Gasteiger partial charge in [-0.25, -0.2) is 4.79 Å². The van der Waals surface area contributed by atoms with E-state index in [1.54, 1.807) is 6.92 Å². The first-order valence-corrected chi connectivity index (χ1v) is 11.6. The Morgan fingerprint density at radius 1 is 1.23 bits per heavy atom. The van der Waals surface area contributed by atoms with Gasteiger partial charge in [-0.3, -0.25) is 14.5 Å². The van der Waals surface area contributed by atoms with Gasteiger partial charge in [-0.05, 0) is 49.4 Å². The maximum atomic E-state index is 12.5. The van der Waals surface area contributed by atoms with Gasteiger partial charge in [0.15, 0.2) is 5.56 Å². The molecule has 1 atom stereocenters. The lowest BCUT2D eigenvalue weighted by atomic mass is 9.98. The summed E-state index contributed by atoms with van der Waals surface area (Å²) in [6, 6.07) is 6.47. The third-order valence-corrected chi connectivity index (χ3v) is 7.08. The van der Waals surface area contributed by atoms with Gasteiger partial charge in [-0.2, -0.15) is 0 Å². The van der Waals surface area contributed by atoms with Crippen molar-refractivity contribution in [2.45, 2.75) is 45.2 Å². The van der Waals surface area contributed by atoms with Crippen LogP contribution in [0.5, 0.6) is 5.75 Å². The fourth-order valence-electron chi connectivity index (χ4n) is 5.44. The van der Waals surface area contributed by atoms with Crippen LogP contribution in [0.25, 0.3) is 22.2 Å². The number of carbonyl (C=O) groups excluding carboxylic acids is 1. The van der Waals surface area contributed by atoms with Crippen molar-refractivity contribution in [2.24, 2.45) is 7.05 Å². The average Bonchev–Trinajstić information content (AvgIpc) is 3.26. The monoisotopic (exact) mass is 500 g/mol. The minimum absolute atomic E-state index is 0. The van der Waals surface area contributed by atoms with Crippen LogP contribution in [0.2, 0.25) is 0 Å². The van der Waals surface area contributed by atoms with E-state index in [9.17, 15) is 24.6 Å². The number of aromatic hydroxyl groups is 1. The molecule has 3 aromatic rings. The molecular formula is C25H29ClN4O5. The van der Waals surface area contributed by atoms with Crippen molar-refractivity contribution in [2.75, 3.05) is 13.1 Å². The summed E-state index contributed by atoms with van der Waals surface area (Å²) in [5.74, 6) is -1.87. The summed E-state index contributed by atoms with van der Waals surface area (Å²) in [4.78, 5) is 40.4. The number of fused-ring (bicyclic) bond motifs is 4. The largest absolute Gasteiger partial charge is 0.506 e. The molecule has 0 saturated carbocycles. The number of aromatic carboxylic acids is 1. The second-order valence-corrected chi connectivity index (χ2v) is 9.37. The summed E-state index contributed by atoms with van der Waals surface area (Å²) in [5.41, 5.74) is 3.70. The number of H-pyrrole nitrogens is 1. The van der Waals surface area contributed by atoms with Crippen molar-refractivity contribution in [1.82, 2.24) is 19.8 Å². The van der Waals surface area contributed by atoms with E-state index < -0.39 is 22.8 Å². The minimum atomic E-state index is -1.43. The lowest BCUT2D eigenvalue weighted by Crippen LogP contribution is -2.35. The Morgan fingerprint density at radius 3 is 2.71 bits per heavy atom. The standard InChI is InChI=1S/C25H28N4O5.ClH/c1-13(30)26-16-6-7-29(11-16)12-17-8-15-9-19-14(10-20(15)28(17)2)4-3-5-18-22(19)27-24(32)21(23(18)31)25(33)34;/h8-10,16H,3-7,11-12H2,1-2H3,(H,26,30)(H,33,34)(H2,27,31,32);1H. The molecule has 1 fully saturated rings. The molecule has 35 heavy (non-hydrogen) atoms. The van der Waals surface area contributed by atoms with Crippen LogP contribution in [0.15, 0.2) is 23.0 Å². The fraction of sp³-hybridized carbons (Fsp3) is 0.400. The Morgan fingerprint density at radius 2 is 2.00 bits per heavy atom. The zero-order valence-corrected chi connectivity index (χ0v) is 20.5. The van der Waals surface area contributed by atoms with E-state index in [1.165, 1.54) is 0 Å². The third-order valence-electron chi connectivity index (χ3n) is 7.08. The molecule has 2 aliphatic rings. The summed E-state index contributed by atoms with van der Waals surface area (Å²) in [7, 11) is 2.04. The highest BCUT2D eigenvalue weighted by atomic mass is 35.5. The van der Waals surface area contributed by atoms with Crippen LogP contribution in [0.4, 0.5) is 0 Å². The zero-order chi connectivity index (χ0) is 24.1. The highest BCUT2D eigenvalue weighted by Gasteiger charge is 2.27. The third kappa shape index (κ3) is 4.41. The second-order valence-electron chi connectivity index (χ2n) is 9.37. The van der Waals surface area contributed by atoms with E-state index in [0.717, 1.165) is 66.6 Å². The van der Waals surface area contributed by atoms with E-state index in [4.69, 9.17) is 0 Å². The number of amides is 1. The Bertz CT molecular complexity index is 1390. The molecule has 5 rings (SSSR count). The smallest absolute Gasteiger partial charge is 0.345 e. The van der Waals surface area contributed by atoms with Crippen LogP contribution in [0.1, 0.15) is 46.9 Å². The fourth-order valence-corrected chi connectivity index (χ4v) is 5.44. The summed E-state index contributed by atoms with van der Waals surface area (Å²) < 4.78 is 2.18. The number of hydrogen-bond donors (Lipinski definition) is 4. The number of aromatic nitrogens is 2. The predicted molar refractivity (Wildman–Crippen MR) is 134 cm³/mol. The number of nitrogens with zero attached hydrogens (tertiary/aromatic N) is 2. The van der Waals surface area contributed by atoms with Crippen LogP contribution in [-0.2, 0) is 31.2 Å². The van der Waals surface area contributed by atoms with Crippen molar-refractivity contribution in [3.8, 4) is 17.0 Å². The molecule has 0 spiro atoms. The number of hydrogen-bond acceptors (Lipinski definition) is 5. The molecule has 1 aromatic carbocycles. The molecule has 186 valence electrons. The Balaban J connectivity index is 0.00000289. The van der Waals surface area contributed by atoms with Crippen molar-refractivity contribution in [3.05, 3.63) is 50.9 Å². The van der Waals surface area contributed by atoms with Crippen LogP contribution in [-0.4, -0.2) is 55.7 Å². The highest BCUT2D eigenvalue weighted by molar-refractivity contribution is 5.93. The number of benzene rings is 1. The number of carboxylic acid groups (broad SMARTS) is 1. The van der Waals surface area contributed by atoms with Crippen molar-refractivity contribution < 1.29 is 19.8 Å². The molecule has 1 aliphatic carbocycles. The number of aryl methyl sites for hydroxylation is 2. The first-order valence-electron chi connectivity index (χ1n) is 11.6. The van der Waals surface area contributed by atoms with Gasteiger partial charge in [0.1, 0.15) is 5.75 Å². The van der Waals surface area contributed by atoms with Gasteiger partial charge in [0.2, 0.25) is 5.91 Å². The van der Waals surface area contributed by atoms with E-state index in [0.29, 0.717) is 17.7 Å². The van der Waals surface area contributed by atoms with E-state index in [1.807, 2.05) is 13.1 Å². The molecule has 10 heteroatoms. The molecule has 2 aromatic heterocycles. The van der Waals surface area contributed by atoms with Crippen LogP contribution < -0.4 is 10.9 Å². The molecule has 1 unspecified atom stereocenters. The summed E-state index contributed by atoms with van der Waals surface area (Å²) in [6.45, 7) is 4.05. The van der Waals surface area contributed by atoms with Gasteiger partial charge in [0.05, 0.1) is 5.69 Å². The number of carboxylic acids is 1. The maximum absolute atomic E-state index is 12.5. The van der Waals surface area contributed by atoms with Crippen molar-refractivity contribution in [3.63, 3.8) is 0 Å². The van der Waals surface area contributed by atoms with Gasteiger partial charge in [-0.15, -0.1) is 12.4 Å².